The number of thioether (sulfide) groups is 1. The molecular formula is C23H27N7OS. The summed E-state index contributed by atoms with van der Waals surface area (Å²) < 4.78 is 3.93. The van der Waals surface area contributed by atoms with Gasteiger partial charge < -0.3 is 14.8 Å². The van der Waals surface area contributed by atoms with Gasteiger partial charge in [-0.2, -0.15) is 5.10 Å². The first-order valence-corrected chi connectivity index (χ1v) is 12.2. The summed E-state index contributed by atoms with van der Waals surface area (Å²) in [6.07, 6.45) is 8.62. The lowest BCUT2D eigenvalue weighted by atomic mass is 10.1. The van der Waals surface area contributed by atoms with Crippen LogP contribution in [0.5, 0.6) is 0 Å². The lowest BCUT2D eigenvalue weighted by molar-refractivity contribution is -0.120. The van der Waals surface area contributed by atoms with Crippen LogP contribution in [0.3, 0.4) is 0 Å². The summed E-state index contributed by atoms with van der Waals surface area (Å²) in [5, 5.41) is 10.4. The second-order valence-corrected chi connectivity index (χ2v) is 8.92. The molecule has 0 saturated carbocycles. The van der Waals surface area contributed by atoms with Crippen molar-refractivity contribution in [2.75, 3.05) is 30.8 Å². The van der Waals surface area contributed by atoms with E-state index < -0.39 is 0 Å². The number of nitrogens with zero attached hydrogens (tertiary/aromatic N) is 6. The number of hydrogen-bond donors (Lipinski definition) is 1. The van der Waals surface area contributed by atoms with Crippen LogP contribution in [0.25, 0.3) is 21.9 Å². The molecule has 1 saturated heterocycles. The molecule has 0 bridgehead atoms. The third-order valence-corrected chi connectivity index (χ3v) is 6.57. The van der Waals surface area contributed by atoms with Gasteiger partial charge in [-0.25, -0.2) is 14.6 Å². The number of carbonyl (C=O) groups excluding carboxylic acids is 1. The maximum absolute atomic E-state index is 12.6. The van der Waals surface area contributed by atoms with Gasteiger partial charge in [0.2, 0.25) is 5.91 Å². The van der Waals surface area contributed by atoms with Gasteiger partial charge in [0.15, 0.2) is 10.8 Å². The van der Waals surface area contributed by atoms with Crippen molar-refractivity contribution in [3.63, 3.8) is 0 Å². The van der Waals surface area contributed by atoms with Crippen molar-refractivity contribution < 1.29 is 4.79 Å². The fourth-order valence-corrected chi connectivity index (χ4v) is 4.80. The van der Waals surface area contributed by atoms with Crippen LogP contribution in [-0.2, 0) is 24.8 Å². The molecule has 1 aliphatic rings. The molecule has 3 aromatic heterocycles. The Labute approximate surface area is 191 Å². The van der Waals surface area contributed by atoms with Crippen LogP contribution >= 0.6 is 11.8 Å². The second kappa shape index (κ2) is 8.82. The van der Waals surface area contributed by atoms with Crippen LogP contribution < -0.4 is 10.2 Å². The minimum Gasteiger partial charge on any atom is -0.356 e. The van der Waals surface area contributed by atoms with Crippen LogP contribution in [0.15, 0.2) is 41.8 Å². The predicted molar refractivity (Wildman–Crippen MR) is 128 cm³/mol. The van der Waals surface area contributed by atoms with Crippen molar-refractivity contribution in [3.05, 3.63) is 42.2 Å². The molecule has 4 heterocycles. The highest BCUT2D eigenvalue weighted by molar-refractivity contribution is 7.98. The van der Waals surface area contributed by atoms with Crippen LogP contribution in [0.4, 0.5) is 5.82 Å². The molecule has 0 atom stereocenters. The van der Waals surface area contributed by atoms with E-state index in [9.17, 15) is 4.79 Å². The molecule has 166 valence electrons. The highest BCUT2D eigenvalue weighted by Gasteiger charge is 2.20. The molecule has 9 heteroatoms. The minimum atomic E-state index is 0.00926. The summed E-state index contributed by atoms with van der Waals surface area (Å²) >= 11 is 1.54. The number of nitrogens with one attached hydrogen (secondary N) is 1. The van der Waals surface area contributed by atoms with E-state index in [4.69, 9.17) is 9.97 Å². The summed E-state index contributed by atoms with van der Waals surface area (Å²) in [4.78, 5) is 24.4. The Morgan fingerprint density at radius 2 is 1.97 bits per heavy atom. The van der Waals surface area contributed by atoms with E-state index in [0.717, 1.165) is 51.6 Å². The van der Waals surface area contributed by atoms with E-state index in [0.29, 0.717) is 19.5 Å². The average molecular weight is 450 g/mol. The Balaban J connectivity index is 1.28. The van der Waals surface area contributed by atoms with Gasteiger partial charge in [0.1, 0.15) is 5.82 Å². The number of aromatic nitrogens is 5. The summed E-state index contributed by atoms with van der Waals surface area (Å²) in [7, 11) is 2.01. The Hall–Kier alpha value is -3.07. The Morgan fingerprint density at radius 1 is 1.16 bits per heavy atom. The topological polar surface area (TPSA) is 80.9 Å². The first-order valence-electron chi connectivity index (χ1n) is 11.0. The Morgan fingerprint density at radius 3 is 2.78 bits per heavy atom. The Bertz CT molecular complexity index is 1270. The molecule has 1 aromatic carbocycles. The summed E-state index contributed by atoms with van der Waals surface area (Å²) in [5.74, 6) is 0.984. The zero-order valence-electron chi connectivity index (χ0n) is 18.4. The van der Waals surface area contributed by atoms with Crippen molar-refractivity contribution in [2.24, 2.45) is 7.05 Å². The highest BCUT2D eigenvalue weighted by Crippen LogP contribution is 2.28. The molecule has 1 amide bonds. The van der Waals surface area contributed by atoms with Gasteiger partial charge in [0.05, 0.1) is 24.5 Å². The van der Waals surface area contributed by atoms with E-state index in [-0.39, 0.29) is 5.91 Å². The van der Waals surface area contributed by atoms with Gasteiger partial charge in [-0.15, -0.1) is 0 Å². The molecule has 4 aromatic rings. The van der Waals surface area contributed by atoms with E-state index in [2.05, 4.69) is 32.0 Å². The first-order chi connectivity index (χ1) is 15.6. The molecule has 0 aliphatic carbocycles. The number of aryl methyl sites for hydroxylation is 1. The number of para-hydroxylation sites is 1. The molecular weight excluding hydrogens is 422 g/mol. The number of carbonyl (C=O) groups is 1. The molecule has 32 heavy (non-hydrogen) atoms. The normalized spacial score (nSPS) is 14.0. The SMILES string of the molecule is CSc1nc(N2CCCC2)c2cnn(CCNC(=O)Cc3cn(C)c4ccccc34)c2n1. The number of rotatable bonds is 7. The highest BCUT2D eigenvalue weighted by atomic mass is 32.2. The third kappa shape index (κ3) is 3.92. The van der Waals surface area contributed by atoms with Crippen LogP contribution in [0.1, 0.15) is 18.4 Å². The quantitative estimate of drug-likeness (QED) is 0.345. The number of benzene rings is 1. The molecule has 1 aliphatic heterocycles. The van der Waals surface area contributed by atoms with Gasteiger partial charge in [-0.3, -0.25) is 4.79 Å². The third-order valence-electron chi connectivity index (χ3n) is 6.02. The molecule has 0 radical (unpaired) electrons. The standard InChI is InChI=1S/C23H27N7OS/c1-28-15-16(17-7-3-4-8-19(17)28)13-20(31)24-9-12-30-22-18(14-25-30)21(26-23(27-22)32-2)29-10-5-6-11-29/h3-4,7-8,14-15H,5-6,9-13H2,1-2H3,(H,24,31). The average Bonchev–Trinajstić information content (AvgIpc) is 3.54. The van der Waals surface area contributed by atoms with Gasteiger partial charge >= 0.3 is 0 Å². The second-order valence-electron chi connectivity index (χ2n) is 8.14. The summed E-state index contributed by atoms with van der Waals surface area (Å²) in [6.45, 7) is 3.11. The molecule has 0 unspecified atom stereocenters. The van der Waals surface area contributed by atoms with Crippen molar-refractivity contribution in [1.82, 2.24) is 29.6 Å². The van der Waals surface area contributed by atoms with Gasteiger partial charge in [-0.1, -0.05) is 30.0 Å². The molecule has 0 spiro atoms. The predicted octanol–water partition coefficient (Wildman–Crippen LogP) is 3.00. The Kier molecular flexibility index (Phi) is 5.73. The van der Waals surface area contributed by atoms with Crippen molar-refractivity contribution in [1.29, 1.82) is 0 Å². The van der Waals surface area contributed by atoms with Crippen molar-refractivity contribution >= 4 is 45.4 Å². The number of hydrogen-bond acceptors (Lipinski definition) is 6. The monoisotopic (exact) mass is 449 g/mol. The van der Waals surface area contributed by atoms with E-state index >= 15 is 0 Å². The maximum atomic E-state index is 12.6. The van der Waals surface area contributed by atoms with Crippen molar-refractivity contribution in [3.8, 4) is 0 Å². The largest absolute Gasteiger partial charge is 0.356 e. The smallest absolute Gasteiger partial charge is 0.224 e. The summed E-state index contributed by atoms with van der Waals surface area (Å²) in [5.41, 5.74) is 3.00. The molecule has 1 N–H and O–H groups in total. The lowest BCUT2D eigenvalue weighted by Gasteiger charge is -2.17. The lowest BCUT2D eigenvalue weighted by Crippen LogP contribution is -2.29. The zero-order valence-corrected chi connectivity index (χ0v) is 19.2. The van der Waals surface area contributed by atoms with E-state index in [1.165, 1.54) is 24.6 Å². The van der Waals surface area contributed by atoms with Gasteiger partial charge in [0, 0.05) is 43.8 Å². The molecule has 1 fully saturated rings. The van der Waals surface area contributed by atoms with Gasteiger partial charge in [-0.05, 0) is 30.7 Å². The summed E-state index contributed by atoms with van der Waals surface area (Å²) in [6, 6.07) is 8.16. The zero-order chi connectivity index (χ0) is 22.1. The van der Waals surface area contributed by atoms with Crippen LogP contribution in [-0.4, -0.2) is 56.1 Å². The van der Waals surface area contributed by atoms with E-state index in [1.807, 2.05) is 42.5 Å². The van der Waals surface area contributed by atoms with Crippen molar-refractivity contribution in [2.45, 2.75) is 31.0 Å². The van der Waals surface area contributed by atoms with Crippen LogP contribution in [0, 0.1) is 0 Å². The molecule has 8 nitrogen and oxygen atoms in total. The molecule has 5 rings (SSSR count). The first kappa shape index (κ1) is 20.8. The fourth-order valence-electron chi connectivity index (χ4n) is 4.45. The number of fused-ring (bicyclic) bond motifs is 2. The minimum absolute atomic E-state index is 0.00926. The maximum Gasteiger partial charge on any atom is 0.224 e. The number of amides is 1. The fraction of sp³-hybridized carbons (Fsp3) is 0.391. The number of anilines is 1. The van der Waals surface area contributed by atoms with Gasteiger partial charge in [0.25, 0.3) is 0 Å². The van der Waals surface area contributed by atoms with E-state index in [1.54, 1.807) is 0 Å². The van der Waals surface area contributed by atoms with Crippen LogP contribution in [0.2, 0.25) is 0 Å².